The first kappa shape index (κ1) is 9.66. The number of hydrogen-bond acceptors (Lipinski definition) is 2. The highest BCUT2D eigenvalue weighted by molar-refractivity contribution is 6.18. The van der Waals surface area contributed by atoms with Crippen LogP contribution in [0, 0.1) is 0 Å². The van der Waals surface area contributed by atoms with E-state index in [0.29, 0.717) is 5.88 Å². The summed E-state index contributed by atoms with van der Waals surface area (Å²) < 4.78 is 11.2. The standard InChI is InChI=1S/C11H13ClO2/c12-6-5-9-3-1-4-10-11(9)14-8-2-7-13-10/h1,3-4H,2,5-8H2. The summed E-state index contributed by atoms with van der Waals surface area (Å²) in [6.07, 6.45) is 1.77. The molecule has 0 aromatic heterocycles. The van der Waals surface area contributed by atoms with Crippen molar-refractivity contribution in [2.24, 2.45) is 0 Å². The number of rotatable bonds is 2. The SMILES string of the molecule is ClCCc1cccc2c1OCCCO2. The van der Waals surface area contributed by atoms with Crippen LogP contribution in [0.25, 0.3) is 0 Å². The molecular weight excluding hydrogens is 200 g/mol. The van der Waals surface area contributed by atoms with E-state index in [1.54, 1.807) is 0 Å². The van der Waals surface area contributed by atoms with Crippen LogP contribution in [0.2, 0.25) is 0 Å². The molecule has 2 nitrogen and oxygen atoms in total. The number of para-hydroxylation sites is 1. The minimum Gasteiger partial charge on any atom is -0.490 e. The molecule has 0 N–H and O–H groups in total. The molecule has 1 aliphatic rings. The topological polar surface area (TPSA) is 18.5 Å². The molecule has 1 aromatic carbocycles. The van der Waals surface area contributed by atoms with E-state index >= 15 is 0 Å². The molecule has 0 unspecified atom stereocenters. The summed E-state index contributed by atoms with van der Waals surface area (Å²) in [5.74, 6) is 2.34. The van der Waals surface area contributed by atoms with E-state index in [2.05, 4.69) is 0 Å². The van der Waals surface area contributed by atoms with Gasteiger partial charge in [0.2, 0.25) is 0 Å². The van der Waals surface area contributed by atoms with Gasteiger partial charge in [0.15, 0.2) is 11.5 Å². The van der Waals surface area contributed by atoms with Gasteiger partial charge in [0.25, 0.3) is 0 Å². The summed E-state index contributed by atoms with van der Waals surface area (Å²) in [6, 6.07) is 5.96. The van der Waals surface area contributed by atoms with Crippen LogP contribution < -0.4 is 9.47 Å². The zero-order valence-corrected chi connectivity index (χ0v) is 8.72. The van der Waals surface area contributed by atoms with Crippen LogP contribution in [-0.4, -0.2) is 19.1 Å². The molecule has 1 aromatic rings. The number of benzene rings is 1. The van der Waals surface area contributed by atoms with Crippen LogP contribution in [0.15, 0.2) is 18.2 Å². The summed E-state index contributed by atoms with van der Waals surface area (Å²) in [6.45, 7) is 1.46. The smallest absolute Gasteiger partial charge is 0.164 e. The van der Waals surface area contributed by atoms with Crippen molar-refractivity contribution in [3.63, 3.8) is 0 Å². The van der Waals surface area contributed by atoms with Gasteiger partial charge < -0.3 is 9.47 Å². The van der Waals surface area contributed by atoms with Gasteiger partial charge >= 0.3 is 0 Å². The molecule has 0 spiro atoms. The van der Waals surface area contributed by atoms with Gasteiger partial charge in [-0.3, -0.25) is 0 Å². The fourth-order valence-electron chi connectivity index (χ4n) is 1.55. The highest BCUT2D eigenvalue weighted by Gasteiger charge is 2.13. The second-order valence-electron chi connectivity index (χ2n) is 3.23. The molecule has 1 heterocycles. The molecule has 14 heavy (non-hydrogen) atoms. The molecule has 0 saturated carbocycles. The van der Waals surface area contributed by atoms with E-state index in [1.165, 1.54) is 0 Å². The quantitative estimate of drug-likeness (QED) is 0.702. The first-order valence-electron chi connectivity index (χ1n) is 4.85. The van der Waals surface area contributed by atoms with Crippen molar-refractivity contribution < 1.29 is 9.47 Å². The molecule has 0 amide bonds. The third-order valence-corrected chi connectivity index (χ3v) is 2.41. The maximum atomic E-state index is 5.72. The molecule has 0 fully saturated rings. The lowest BCUT2D eigenvalue weighted by atomic mass is 10.1. The molecule has 1 aliphatic heterocycles. The Labute approximate surface area is 88.8 Å². The van der Waals surface area contributed by atoms with E-state index in [0.717, 1.165) is 43.1 Å². The minimum absolute atomic E-state index is 0.611. The van der Waals surface area contributed by atoms with Crippen molar-refractivity contribution in [3.8, 4) is 11.5 Å². The highest BCUT2D eigenvalue weighted by Crippen LogP contribution is 2.33. The van der Waals surface area contributed by atoms with Gasteiger partial charge in [0.1, 0.15) is 0 Å². The molecule has 3 heteroatoms. The molecule has 0 bridgehead atoms. The minimum atomic E-state index is 0.611. The van der Waals surface area contributed by atoms with Gasteiger partial charge in [-0.05, 0) is 18.1 Å². The second-order valence-corrected chi connectivity index (χ2v) is 3.61. The second kappa shape index (κ2) is 4.56. The van der Waals surface area contributed by atoms with E-state index in [1.807, 2.05) is 18.2 Å². The third kappa shape index (κ3) is 1.95. The Balaban J connectivity index is 2.32. The van der Waals surface area contributed by atoms with Gasteiger partial charge in [0.05, 0.1) is 13.2 Å². The number of aryl methyl sites for hydroxylation is 1. The Hall–Kier alpha value is -0.890. The van der Waals surface area contributed by atoms with Crippen LogP contribution in [-0.2, 0) is 6.42 Å². The van der Waals surface area contributed by atoms with Gasteiger partial charge in [-0.1, -0.05) is 12.1 Å². The van der Waals surface area contributed by atoms with Crippen molar-refractivity contribution in [2.75, 3.05) is 19.1 Å². The van der Waals surface area contributed by atoms with Crippen molar-refractivity contribution in [3.05, 3.63) is 23.8 Å². The molecular formula is C11H13ClO2. The molecule has 2 rings (SSSR count). The molecule has 0 aliphatic carbocycles. The molecule has 76 valence electrons. The summed E-state index contributed by atoms with van der Waals surface area (Å²) in [5, 5.41) is 0. The van der Waals surface area contributed by atoms with Crippen molar-refractivity contribution in [1.29, 1.82) is 0 Å². The van der Waals surface area contributed by atoms with Crippen molar-refractivity contribution >= 4 is 11.6 Å². The van der Waals surface area contributed by atoms with Gasteiger partial charge in [-0.15, -0.1) is 11.6 Å². The van der Waals surface area contributed by atoms with Crippen molar-refractivity contribution in [1.82, 2.24) is 0 Å². The predicted octanol–water partition coefficient (Wildman–Crippen LogP) is 2.63. The number of hydrogen-bond donors (Lipinski definition) is 0. The van der Waals surface area contributed by atoms with E-state index < -0.39 is 0 Å². The fourth-order valence-corrected chi connectivity index (χ4v) is 1.76. The van der Waals surface area contributed by atoms with Crippen LogP contribution in [0.5, 0.6) is 11.5 Å². The lowest BCUT2D eigenvalue weighted by Crippen LogP contribution is -1.99. The average Bonchev–Trinajstić information content (AvgIpc) is 2.44. The summed E-state index contributed by atoms with van der Waals surface area (Å²) >= 11 is 5.72. The van der Waals surface area contributed by atoms with Gasteiger partial charge in [0, 0.05) is 12.3 Å². The summed E-state index contributed by atoms with van der Waals surface area (Å²) in [5.41, 5.74) is 1.14. The first-order valence-corrected chi connectivity index (χ1v) is 5.38. The van der Waals surface area contributed by atoms with Crippen LogP contribution in [0.3, 0.4) is 0 Å². The maximum Gasteiger partial charge on any atom is 0.164 e. The Kier molecular flexibility index (Phi) is 3.14. The lowest BCUT2D eigenvalue weighted by Gasteiger charge is -2.10. The largest absolute Gasteiger partial charge is 0.490 e. The Morgan fingerprint density at radius 1 is 1.21 bits per heavy atom. The fraction of sp³-hybridized carbons (Fsp3) is 0.455. The molecule has 0 radical (unpaired) electrons. The number of ether oxygens (including phenoxy) is 2. The predicted molar refractivity (Wildman–Crippen MR) is 56.5 cm³/mol. The van der Waals surface area contributed by atoms with Crippen LogP contribution in [0.1, 0.15) is 12.0 Å². The number of fused-ring (bicyclic) bond motifs is 1. The zero-order chi connectivity index (χ0) is 9.80. The summed E-state index contributed by atoms with van der Waals surface area (Å²) in [4.78, 5) is 0. The number of alkyl halides is 1. The van der Waals surface area contributed by atoms with Gasteiger partial charge in [-0.2, -0.15) is 0 Å². The van der Waals surface area contributed by atoms with Gasteiger partial charge in [-0.25, -0.2) is 0 Å². The van der Waals surface area contributed by atoms with Crippen LogP contribution in [0.4, 0.5) is 0 Å². The van der Waals surface area contributed by atoms with Crippen molar-refractivity contribution in [2.45, 2.75) is 12.8 Å². The maximum absolute atomic E-state index is 5.72. The monoisotopic (exact) mass is 212 g/mol. The van der Waals surface area contributed by atoms with Crippen LogP contribution >= 0.6 is 11.6 Å². The lowest BCUT2D eigenvalue weighted by molar-refractivity contribution is 0.296. The molecule has 0 saturated heterocycles. The van der Waals surface area contributed by atoms with E-state index in [9.17, 15) is 0 Å². The Morgan fingerprint density at radius 3 is 2.93 bits per heavy atom. The highest BCUT2D eigenvalue weighted by atomic mass is 35.5. The average molecular weight is 213 g/mol. The normalized spacial score (nSPS) is 14.9. The van der Waals surface area contributed by atoms with E-state index in [4.69, 9.17) is 21.1 Å². The summed E-state index contributed by atoms with van der Waals surface area (Å²) in [7, 11) is 0. The molecule has 0 atom stereocenters. The zero-order valence-electron chi connectivity index (χ0n) is 7.96. The Bertz CT molecular complexity index is 312. The Morgan fingerprint density at radius 2 is 2.07 bits per heavy atom. The third-order valence-electron chi connectivity index (χ3n) is 2.22. The first-order chi connectivity index (χ1) is 6.92. The number of halogens is 1. The van der Waals surface area contributed by atoms with E-state index in [-0.39, 0.29) is 0 Å².